The molecule has 2 nitrogen and oxygen atoms in total. The van der Waals surface area contributed by atoms with Crippen molar-refractivity contribution in [3.05, 3.63) is 36.6 Å². The third kappa shape index (κ3) is 1.64. The maximum atomic E-state index is 11.4. The minimum Gasteiger partial charge on any atom is -0.493 e. The summed E-state index contributed by atoms with van der Waals surface area (Å²) in [5.41, 5.74) is 0.558. The van der Waals surface area contributed by atoms with Crippen LogP contribution in [0.3, 0.4) is 0 Å². The zero-order valence-electron chi connectivity index (χ0n) is 7.01. The fraction of sp³-hybridized carbons (Fsp3) is 0.300. The van der Waals surface area contributed by atoms with Crippen molar-refractivity contribution in [3.63, 3.8) is 0 Å². The predicted molar refractivity (Wildman–Crippen MR) is 47.6 cm³/mol. The van der Waals surface area contributed by atoms with E-state index >= 15 is 0 Å². The third-order valence-electron chi connectivity index (χ3n) is 1.76. The number of carbonyl (C=O) groups excluding carboxylic acids is 1. The van der Waals surface area contributed by atoms with Crippen molar-refractivity contribution < 1.29 is 9.53 Å². The van der Waals surface area contributed by atoms with Crippen LogP contribution in [-0.4, -0.2) is 12.4 Å². The van der Waals surface area contributed by atoms with Crippen LogP contribution >= 0.6 is 0 Å². The summed E-state index contributed by atoms with van der Waals surface area (Å²) in [6.07, 6.45) is 4.40. The topological polar surface area (TPSA) is 26.3 Å². The van der Waals surface area contributed by atoms with Crippen LogP contribution in [0.4, 0.5) is 0 Å². The number of hydrogen-bond acceptors (Lipinski definition) is 2. The Morgan fingerprint density at radius 2 is 2.08 bits per heavy atom. The zero-order chi connectivity index (χ0) is 8.97. The zero-order valence-corrected chi connectivity index (χ0v) is 7.01. The van der Waals surface area contributed by atoms with Gasteiger partial charge >= 0.3 is 0 Å². The van der Waals surface area contributed by atoms with Gasteiger partial charge in [-0.3, -0.25) is 4.79 Å². The van der Waals surface area contributed by atoms with Gasteiger partial charge in [-0.15, -0.1) is 0 Å². The summed E-state index contributed by atoms with van der Waals surface area (Å²) >= 11 is 0. The van der Waals surface area contributed by atoms with E-state index in [0.717, 1.165) is 6.42 Å². The highest BCUT2D eigenvalue weighted by Gasteiger charge is 2.15. The second-order valence-corrected chi connectivity index (χ2v) is 2.56. The highest BCUT2D eigenvalue weighted by Crippen LogP contribution is 2.17. The molecule has 1 rings (SSSR count). The Morgan fingerprint density at radius 3 is 2.67 bits per heavy atom. The van der Waals surface area contributed by atoms with Crippen LogP contribution in [0.25, 0.3) is 0 Å². The van der Waals surface area contributed by atoms with E-state index < -0.39 is 0 Å². The van der Waals surface area contributed by atoms with Crippen molar-refractivity contribution in [1.29, 1.82) is 0 Å². The first-order valence-electron chi connectivity index (χ1n) is 3.94. The molecule has 0 aromatic rings. The lowest BCUT2D eigenvalue weighted by atomic mass is 10.1. The van der Waals surface area contributed by atoms with Crippen LogP contribution in [0.15, 0.2) is 36.6 Å². The third-order valence-corrected chi connectivity index (χ3v) is 1.76. The van der Waals surface area contributed by atoms with Crippen LogP contribution in [-0.2, 0) is 9.53 Å². The first-order valence-corrected chi connectivity index (χ1v) is 3.94. The van der Waals surface area contributed by atoms with E-state index in [4.69, 9.17) is 4.74 Å². The fourth-order valence-electron chi connectivity index (χ4n) is 1.15. The second kappa shape index (κ2) is 3.90. The number of allylic oxidation sites excluding steroid dienone is 3. The van der Waals surface area contributed by atoms with Crippen molar-refractivity contribution >= 4 is 5.78 Å². The van der Waals surface area contributed by atoms with Gasteiger partial charge in [0.15, 0.2) is 5.78 Å². The van der Waals surface area contributed by atoms with Gasteiger partial charge in [0.05, 0.1) is 12.2 Å². The van der Waals surface area contributed by atoms with E-state index in [-0.39, 0.29) is 5.78 Å². The van der Waals surface area contributed by atoms with E-state index in [1.807, 2.05) is 0 Å². The molecule has 0 fully saturated rings. The van der Waals surface area contributed by atoms with Gasteiger partial charge in [-0.1, -0.05) is 19.2 Å². The molecular formula is C10H12O2. The molecule has 0 saturated heterocycles. The molecule has 0 radical (unpaired) electrons. The molecule has 1 heterocycles. The normalized spacial score (nSPS) is 18.2. The standard InChI is InChI=1S/C10H12O2/c1-3-8-9(11)6-5-7-12-10(8)4-2/h3-4H,1-2,5-7H2. The van der Waals surface area contributed by atoms with Crippen molar-refractivity contribution in [2.75, 3.05) is 6.61 Å². The van der Waals surface area contributed by atoms with Gasteiger partial charge in [0, 0.05) is 6.42 Å². The molecule has 0 N–H and O–H groups in total. The molecule has 0 aromatic carbocycles. The Hall–Kier alpha value is -1.31. The average Bonchev–Trinajstić information content (AvgIpc) is 2.26. The highest BCUT2D eigenvalue weighted by atomic mass is 16.5. The monoisotopic (exact) mass is 164 g/mol. The van der Waals surface area contributed by atoms with Crippen molar-refractivity contribution in [1.82, 2.24) is 0 Å². The van der Waals surface area contributed by atoms with E-state index in [1.165, 1.54) is 6.08 Å². The van der Waals surface area contributed by atoms with E-state index in [0.29, 0.717) is 24.4 Å². The summed E-state index contributed by atoms with van der Waals surface area (Å²) in [4.78, 5) is 11.4. The summed E-state index contributed by atoms with van der Waals surface area (Å²) in [5, 5.41) is 0. The first-order chi connectivity index (χ1) is 5.79. The van der Waals surface area contributed by atoms with Gasteiger partial charge in [-0.2, -0.15) is 0 Å². The molecule has 1 aliphatic heterocycles. The van der Waals surface area contributed by atoms with E-state index in [2.05, 4.69) is 13.2 Å². The van der Waals surface area contributed by atoms with Gasteiger partial charge < -0.3 is 4.74 Å². The molecule has 0 amide bonds. The van der Waals surface area contributed by atoms with Crippen LogP contribution in [0.1, 0.15) is 12.8 Å². The van der Waals surface area contributed by atoms with Crippen LogP contribution < -0.4 is 0 Å². The number of carbonyl (C=O) groups is 1. The highest BCUT2D eigenvalue weighted by molar-refractivity contribution is 5.98. The average molecular weight is 164 g/mol. The molecule has 0 aromatic heterocycles. The maximum absolute atomic E-state index is 11.4. The number of Topliss-reactive ketones (excluding diaryl/α,β-unsaturated/α-hetero) is 1. The Morgan fingerprint density at radius 1 is 1.33 bits per heavy atom. The second-order valence-electron chi connectivity index (χ2n) is 2.56. The fourth-order valence-corrected chi connectivity index (χ4v) is 1.15. The molecule has 0 aliphatic carbocycles. The van der Waals surface area contributed by atoms with Crippen molar-refractivity contribution in [2.24, 2.45) is 0 Å². The van der Waals surface area contributed by atoms with Gasteiger partial charge in [0.2, 0.25) is 0 Å². The van der Waals surface area contributed by atoms with Gasteiger partial charge in [-0.25, -0.2) is 0 Å². The molecular weight excluding hydrogens is 152 g/mol. The number of hydrogen-bond donors (Lipinski definition) is 0. The number of ketones is 1. The van der Waals surface area contributed by atoms with Crippen LogP contribution in [0.2, 0.25) is 0 Å². The molecule has 12 heavy (non-hydrogen) atoms. The van der Waals surface area contributed by atoms with Crippen molar-refractivity contribution in [3.8, 4) is 0 Å². The minimum absolute atomic E-state index is 0.0948. The Balaban J connectivity index is 3.02. The maximum Gasteiger partial charge on any atom is 0.166 e. The largest absolute Gasteiger partial charge is 0.493 e. The molecule has 0 bridgehead atoms. The van der Waals surface area contributed by atoms with Crippen LogP contribution in [0.5, 0.6) is 0 Å². The lowest BCUT2D eigenvalue weighted by Gasteiger charge is -2.03. The molecule has 2 heteroatoms. The summed E-state index contributed by atoms with van der Waals surface area (Å²) in [5.74, 6) is 0.657. The SMILES string of the molecule is C=CC1=C(C=C)C(=O)CCCO1. The Labute approximate surface area is 72.2 Å². The lowest BCUT2D eigenvalue weighted by molar-refractivity contribution is -0.115. The first kappa shape index (κ1) is 8.78. The lowest BCUT2D eigenvalue weighted by Crippen LogP contribution is -1.99. The molecule has 0 atom stereocenters. The van der Waals surface area contributed by atoms with E-state index in [9.17, 15) is 4.79 Å². The minimum atomic E-state index is 0.0948. The smallest absolute Gasteiger partial charge is 0.166 e. The summed E-state index contributed by atoms with van der Waals surface area (Å²) < 4.78 is 5.30. The van der Waals surface area contributed by atoms with Crippen LogP contribution in [0, 0.1) is 0 Å². The van der Waals surface area contributed by atoms with Gasteiger partial charge in [-0.05, 0) is 12.5 Å². The Bertz CT molecular complexity index is 249. The summed E-state index contributed by atoms with van der Waals surface area (Å²) in [6, 6.07) is 0. The molecule has 0 unspecified atom stereocenters. The number of rotatable bonds is 2. The number of ether oxygens (including phenoxy) is 1. The molecule has 0 spiro atoms. The Kier molecular flexibility index (Phi) is 2.86. The molecule has 0 saturated carbocycles. The van der Waals surface area contributed by atoms with Crippen molar-refractivity contribution in [2.45, 2.75) is 12.8 Å². The predicted octanol–water partition coefficient (Wildman–Crippen LogP) is 1.99. The van der Waals surface area contributed by atoms with Gasteiger partial charge in [0.25, 0.3) is 0 Å². The summed E-state index contributed by atoms with van der Waals surface area (Å²) in [7, 11) is 0. The quantitative estimate of drug-likeness (QED) is 0.624. The van der Waals surface area contributed by atoms with Gasteiger partial charge in [0.1, 0.15) is 5.76 Å². The molecule has 64 valence electrons. The van der Waals surface area contributed by atoms with E-state index in [1.54, 1.807) is 6.08 Å². The summed E-state index contributed by atoms with van der Waals surface area (Å²) in [6.45, 7) is 7.73. The molecule has 1 aliphatic rings.